The number of nitrogens with one attached hydrogen (secondary N) is 1. The lowest BCUT2D eigenvalue weighted by Gasteiger charge is -2.19. The molecule has 0 spiro atoms. The van der Waals surface area contributed by atoms with Gasteiger partial charge >= 0.3 is 0 Å². The number of carbonyl (C=O) groups is 1. The first kappa shape index (κ1) is 19.0. The summed E-state index contributed by atoms with van der Waals surface area (Å²) < 4.78 is 26.4. The van der Waals surface area contributed by atoms with E-state index in [9.17, 15) is 13.2 Å². The van der Waals surface area contributed by atoms with Gasteiger partial charge in [0.1, 0.15) is 29.0 Å². The number of aryl methyl sites for hydroxylation is 1. The summed E-state index contributed by atoms with van der Waals surface area (Å²) in [7, 11) is -4.11. The molecule has 0 saturated carbocycles. The number of benzene rings is 1. The van der Waals surface area contributed by atoms with Crippen LogP contribution in [0.3, 0.4) is 0 Å². The molecule has 4 aromatic rings. The van der Waals surface area contributed by atoms with Crippen LogP contribution in [0, 0.1) is 6.92 Å². The highest BCUT2D eigenvalue weighted by Crippen LogP contribution is 2.30. The molecular formula is C19H14ClN5O3S. The Kier molecular flexibility index (Phi) is 4.77. The molecule has 0 aliphatic rings. The van der Waals surface area contributed by atoms with Crippen LogP contribution < -0.4 is 3.82 Å². The van der Waals surface area contributed by atoms with E-state index in [-0.39, 0.29) is 22.0 Å². The number of sulfonamides is 1. The van der Waals surface area contributed by atoms with Gasteiger partial charge in [0, 0.05) is 29.6 Å². The van der Waals surface area contributed by atoms with Crippen LogP contribution in [0.15, 0.2) is 66.1 Å². The van der Waals surface area contributed by atoms with Crippen LogP contribution in [-0.4, -0.2) is 34.1 Å². The van der Waals surface area contributed by atoms with Gasteiger partial charge in [0.2, 0.25) is 5.78 Å². The van der Waals surface area contributed by atoms with Crippen molar-refractivity contribution in [1.29, 1.82) is 0 Å². The van der Waals surface area contributed by atoms with Crippen LogP contribution >= 0.6 is 11.8 Å². The fourth-order valence-electron chi connectivity index (χ4n) is 2.84. The van der Waals surface area contributed by atoms with Crippen LogP contribution in [0.25, 0.3) is 11.0 Å². The van der Waals surface area contributed by atoms with Crippen LogP contribution in [-0.2, 0) is 10.0 Å². The third kappa shape index (κ3) is 3.34. The summed E-state index contributed by atoms with van der Waals surface area (Å²) in [5.74, 6) is -0.569. The molecule has 146 valence electrons. The quantitative estimate of drug-likeness (QED) is 0.387. The topological polar surface area (TPSA) is 109 Å². The fourth-order valence-corrected chi connectivity index (χ4v) is 4.29. The summed E-state index contributed by atoms with van der Waals surface area (Å²) in [5, 5.41) is 0.498. The van der Waals surface area contributed by atoms with Crippen LogP contribution in [0.4, 0.5) is 5.69 Å². The Balaban J connectivity index is 1.85. The van der Waals surface area contributed by atoms with Crippen molar-refractivity contribution in [1.82, 2.24) is 19.9 Å². The molecule has 1 aromatic carbocycles. The van der Waals surface area contributed by atoms with Crippen molar-refractivity contribution >= 4 is 44.3 Å². The maximum absolute atomic E-state index is 13.2. The Labute approximate surface area is 171 Å². The zero-order chi connectivity index (χ0) is 20.6. The predicted molar refractivity (Wildman–Crippen MR) is 108 cm³/mol. The summed E-state index contributed by atoms with van der Waals surface area (Å²) in [6.07, 6.45) is 4.35. The molecule has 8 nitrogen and oxygen atoms in total. The summed E-state index contributed by atoms with van der Waals surface area (Å²) in [6.45, 7) is 1.72. The third-order valence-corrected chi connectivity index (χ3v) is 6.44. The number of carbonyl (C=O) groups excluding carboxylic acids is 1. The summed E-state index contributed by atoms with van der Waals surface area (Å²) >= 11 is 6.25. The van der Waals surface area contributed by atoms with Crippen molar-refractivity contribution in [2.45, 2.75) is 11.8 Å². The molecular weight excluding hydrogens is 414 g/mol. The molecule has 3 aromatic heterocycles. The fraction of sp³-hybridized carbons (Fsp3) is 0.0526. The van der Waals surface area contributed by atoms with Gasteiger partial charge in [0.25, 0.3) is 10.0 Å². The van der Waals surface area contributed by atoms with Gasteiger partial charge in [-0.25, -0.2) is 9.97 Å². The highest BCUT2D eigenvalue weighted by Gasteiger charge is 2.29. The Morgan fingerprint density at radius 2 is 1.83 bits per heavy atom. The van der Waals surface area contributed by atoms with Gasteiger partial charge in [-0.05, 0) is 36.8 Å². The van der Waals surface area contributed by atoms with Gasteiger partial charge in [0.05, 0.1) is 4.90 Å². The Hall–Kier alpha value is -3.30. The summed E-state index contributed by atoms with van der Waals surface area (Å²) in [5.41, 5.74) is 1.03. The van der Waals surface area contributed by atoms with Crippen LogP contribution in [0.1, 0.15) is 21.7 Å². The van der Waals surface area contributed by atoms with E-state index in [1.807, 2.05) is 0 Å². The zero-order valence-corrected chi connectivity index (χ0v) is 16.6. The standard InChI is InChI=1S/C19H14ClN5O3S/c1-12-9-15(25(20)29(27,28)13-5-3-2-4-6-13)17(22-10-12)18(26)16-14-7-8-21-19(14)24-11-23-16/h2-11H,1H3,(H,21,23,24). The second kappa shape index (κ2) is 7.26. The minimum absolute atomic E-state index is 0.00929. The number of ketones is 1. The monoisotopic (exact) mass is 427 g/mol. The highest BCUT2D eigenvalue weighted by molar-refractivity contribution is 7.94. The average molecular weight is 428 g/mol. The maximum Gasteiger partial charge on any atom is 0.278 e. The lowest BCUT2D eigenvalue weighted by atomic mass is 10.1. The van der Waals surface area contributed by atoms with E-state index in [1.54, 1.807) is 37.4 Å². The first-order chi connectivity index (χ1) is 13.9. The molecule has 0 fully saturated rings. The van der Waals surface area contributed by atoms with Crippen LogP contribution in [0.5, 0.6) is 0 Å². The number of hydrogen-bond donors (Lipinski definition) is 1. The van der Waals surface area contributed by atoms with E-state index in [1.165, 1.54) is 30.7 Å². The normalized spacial score (nSPS) is 11.5. The molecule has 0 bridgehead atoms. The Morgan fingerprint density at radius 1 is 1.07 bits per heavy atom. The van der Waals surface area contributed by atoms with E-state index >= 15 is 0 Å². The number of aromatic nitrogens is 4. The number of anilines is 1. The van der Waals surface area contributed by atoms with Crippen molar-refractivity contribution in [2.24, 2.45) is 0 Å². The zero-order valence-electron chi connectivity index (χ0n) is 15.1. The van der Waals surface area contributed by atoms with Gasteiger partial charge < -0.3 is 4.98 Å². The van der Waals surface area contributed by atoms with Crippen molar-refractivity contribution < 1.29 is 13.2 Å². The summed E-state index contributed by atoms with van der Waals surface area (Å²) in [4.78, 5) is 28.4. The molecule has 10 heteroatoms. The molecule has 0 unspecified atom stereocenters. The van der Waals surface area contributed by atoms with Crippen molar-refractivity contribution in [3.05, 3.63) is 78.1 Å². The minimum atomic E-state index is -4.11. The Bertz CT molecular complexity index is 1320. The van der Waals surface area contributed by atoms with Gasteiger partial charge in [-0.3, -0.25) is 9.78 Å². The first-order valence-electron chi connectivity index (χ1n) is 8.45. The summed E-state index contributed by atoms with van der Waals surface area (Å²) in [6, 6.07) is 10.9. The van der Waals surface area contributed by atoms with Gasteiger partial charge in [0.15, 0.2) is 0 Å². The maximum atomic E-state index is 13.2. The van der Waals surface area contributed by atoms with Crippen LogP contribution in [0.2, 0.25) is 0 Å². The number of nitrogens with zero attached hydrogens (tertiary/aromatic N) is 4. The van der Waals surface area contributed by atoms with E-state index < -0.39 is 15.8 Å². The molecule has 0 aliphatic heterocycles. The van der Waals surface area contributed by atoms with E-state index in [0.29, 0.717) is 20.4 Å². The van der Waals surface area contributed by atoms with Crippen molar-refractivity contribution in [2.75, 3.05) is 3.82 Å². The molecule has 0 saturated heterocycles. The SMILES string of the molecule is Cc1cnc(C(=O)c2ncnc3[nH]ccc23)c(N(Cl)S(=O)(=O)c2ccccc2)c1. The Morgan fingerprint density at radius 3 is 2.59 bits per heavy atom. The highest BCUT2D eigenvalue weighted by atomic mass is 35.5. The second-order valence-electron chi connectivity index (χ2n) is 6.20. The molecule has 29 heavy (non-hydrogen) atoms. The molecule has 4 rings (SSSR count). The van der Waals surface area contributed by atoms with E-state index in [4.69, 9.17) is 11.8 Å². The lowest BCUT2D eigenvalue weighted by molar-refractivity contribution is 0.103. The number of rotatable bonds is 5. The number of halogens is 1. The largest absolute Gasteiger partial charge is 0.346 e. The first-order valence-corrected chi connectivity index (χ1v) is 10.2. The third-order valence-electron chi connectivity index (χ3n) is 4.23. The second-order valence-corrected chi connectivity index (χ2v) is 8.53. The average Bonchev–Trinajstić information content (AvgIpc) is 3.22. The molecule has 1 N–H and O–H groups in total. The van der Waals surface area contributed by atoms with E-state index in [2.05, 4.69) is 19.9 Å². The van der Waals surface area contributed by atoms with Crippen molar-refractivity contribution in [3.8, 4) is 0 Å². The lowest BCUT2D eigenvalue weighted by Crippen LogP contribution is -2.24. The molecule has 0 radical (unpaired) electrons. The molecule has 0 atom stereocenters. The molecule has 0 aliphatic carbocycles. The van der Waals surface area contributed by atoms with E-state index in [0.717, 1.165) is 0 Å². The number of aromatic amines is 1. The number of hydrogen-bond acceptors (Lipinski definition) is 6. The number of fused-ring (bicyclic) bond motifs is 1. The smallest absolute Gasteiger partial charge is 0.278 e. The van der Waals surface area contributed by atoms with Gasteiger partial charge in [-0.2, -0.15) is 12.2 Å². The predicted octanol–water partition coefficient (Wildman–Crippen LogP) is 3.24. The van der Waals surface area contributed by atoms with Gasteiger partial charge in [-0.1, -0.05) is 18.2 Å². The number of H-pyrrole nitrogens is 1. The molecule has 0 amide bonds. The minimum Gasteiger partial charge on any atom is -0.346 e. The van der Waals surface area contributed by atoms with Gasteiger partial charge in [-0.15, -0.1) is 0 Å². The number of pyridine rings is 1. The molecule has 3 heterocycles. The van der Waals surface area contributed by atoms with Crippen molar-refractivity contribution in [3.63, 3.8) is 0 Å².